The number of carboxylic acid groups (broad SMARTS) is 1. The number of benzene rings is 1. The van der Waals surface area contributed by atoms with Crippen molar-refractivity contribution in [2.75, 3.05) is 12.4 Å². The van der Waals surface area contributed by atoms with E-state index in [2.05, 4.69) is 26.1 Å². The van der Waals surface area contributed by atoms with Gasteiger partial charge >= 0.3 is 0 Å². The summed E-state index contributed by atoms with van der Waals surface area (Å²) in [6.07, 6.45) is 4.56. The van der Waals surface area contributed by atoms with Gasteiger partial charge in [0.25, 0.3) is 0 Å². The fourth-order valence-corrected chi connectivity index (χ4v) is 3.99. The van der Waals surface area contributed by atoms with Crippen molar-refractivity contribution in [2.45, 2.75) is 32.6 Å². The highest BCUT2D eigenvalue weighted by atomic mass is 16.5. The van der Waals surface area contributed by atoms with Crippen molar-refractivity contribution in [2.24, 2.45) is 23.7 Å². The summed E-state index contributed by atoms with van der Waals surface area (Å²) < 4.78 is 5.36. The number of hydrogen-bond acceptors (Lipinski definition) is 4. The predicted octanol–water partition coefficient (Wildman–Crippen LogP) is 2.12. The molecule has 4 atom stereocenters. The van der Waals surface area contributed by atoms with Crippen LogP contribution in [0.1, 0.15) is 32.8 Å². The Bertz CT molecular complexity index is 732. The minimum Gasteiger partial charge on any atom is -0.550 e. The molecule has 2 aliphatic carbocycles. The molecule has 4 unspecified atom stereocenters. The third-order valence-electron chi connectivity index (χ3n) is 5.36. The normalized spacial score (nSPS) is 27.4. The van der Waals surface area contributed by atoms with Crippen LogP contribution in [0.5, 0.6) is 5.75 Å². The van der Waals surface area contributed by atoms with Crippen LogP contribution in [-0.4, -0.2) is 19.0 Å². The molecule has 3 rings (SSSR count). The summed E-state index contributed by atoms with van der Waals surface area (Å²) in [7, 11) is 1.55. The minimum absolute atomic E-state index is 0.0373. The molecule has 134 valence electrons. The van der Waals surface area contributed by atoms with Crippen LogP contribution in [0.2, 0.25) is 0 Å². The van der Waals surface area contributed by atoms with Crippen molar-refractivity contribution in [3.8, 4) is 5.75 Å². The van der Waals surface area contributed by atoms with Gasteiger partial charge in [0.2, 0.25) is 5.91 Å². The number of amides is 1. The molecule has 2 bridgehead atoms. The highest BCUT2D eigenvalue weighted by Crippen LogP contribution is 2.48. The highest BCUT2D eigenvalue weighted by Gasteiger charge is 2.48. The number of allylic oxidation sites excluding steroid dienone is 2. The van der Waals surface area contributed by atoms with E-state index in [0.29, 0.717) is 17.9 Å². The van der Waals surface area contributed by atoms with E-state index >= 15 is 0 Å². The molecular formula is C20H24NO4-. The Hall–Kier alpha value is -2.30. The number of carboxylic acids is 1. The first kappa shape index (κ1) is 17.5. The van der Waals surface area contributed by atoms with Gasteiger partial charge in [0.15, 0.2) is 0 Å². The van der Waals surface area contributed by atoms with Crippen LogP contribution in [0.15, 0.2) is 30.4 Å². The maximum Gasteiger partial charge on any atom is 0.228 e. The zero-order valence-corrected chi connectivity index (χ0v) is 15.0. The molecular weight excluding hydrogens is 318 g/mol. The molecule has 5 heteroatoms. The molecule has 1 aromatic rings. The SMILES string of the molecule is COc1ccc(C(C)(C)C)cc1NC(=O)C1C2C=CC(C2)C1C(=O)[O-]. The van der Waals surface area contributed by atoms with Crippen molar-refractivity contribution >= 4 is 17.6 Å². The van der Waals surface area contributed by atoms with Crippen molar-refractivity contribution in [3.05, 3.63) is 35.9 Å². The molecule has 1 N–H and O–H groups in total. The Labute approximate surface area is 148 Å². The number of carbonyl (C=O) groups is 2. The fourth-order valence-electron chi connectivity index (χ4n) is 3.99. The number of fused-ring (bicyclic) bond motifs is 2. The third-order valence-corrected chi connectivity index (χ3v) is 5.36. The standard InChI is InChI=1S/C20H25NO4/c1-20(2,3)13-7-8-15(25-4)14(10-13)21-18(22)16-11-5-6-12(9-11)17(16)19(23)24/h5-8,10-12,16-17H,9H2,1-4H3,(H,21,22)(H,23,24)/p-1. The monoisotopic (exact) mass is 342 g/mol. The summed E-state index contributed by atoms with van der Waals surface area (Å²) in [6, 6.07) is 5.69. The number of ether oxygens (including phenoxy) is 1. The molecule has 0 aromatic heterocycles. The largest absolute Gasteiger partial charge is 0.550 e. The topological polar surface area (TPSA) is 78.5 Å². The van der Waals surface area contributed by atoms with Gasteiger partial charge in [-0.3, -0.25) is 4.79 Å². The molecule has 1 saturated carbocycles. The second-order valence-electron chi connectivity index (χ2n) is 7.97. The van der Waals surface area contributed by atoms with Gasteiger partial charge in [-0.15, -0.1) is 0 Å². The van der Waals surface area contributed by atoms with Gasteiger partial charge in [-0.25, -0.2) is 0 Å². The van der Waals surface area contributed by atoms with E-state index in [0.717, 1.165) is 5.56 Å². The predicted molar refractivity (Wildman–Crippen MR) is 93.0 cm³/mol. The van der Waals surface area contributed by atoms with Gasteiger partial charge in [-0.05, 0) is 41.4 Å². The molecule has 0 aliphatic heterocycles. The number of hydrogen-bond donors (Lipinski definition) is 1. The first-order valence-corrected chi connectivity index (χ1v) is 8.61. The van der Waals surface area contributed by atoms with Crippen LogP contribution in [0, 0.1) is 23.7 Å². The lowest BCUT2D eigenvalue weighted by molar-refractivity contribution is -0.313. The molecule has 1 amide bonds. The van der Waals surface area contributed by atoms with Crippen molar-refractivity contribution in [1.29, 1.82) is 0 Å². The summed E-state index contributed by atoms with van der Waals surface area (Å²) in [4.78, 5) is 24.4. The van der Waals surface area contributed by atoms with E-state index in [1.54, 1.807) is 7.11 Å². The van der Waals surface area contributed by atoms with Crippen molar-refractivity contribution in [3.63, 3.8) is 0 Å². The maximum atomic E-state index is 12.9. The zero-order valence-electron chi connectivity index (χ0n) is 15.0. The lowest BCUT2D eigenvalue weighted by atomic mass is 9.82. The summed E-state index contributed by atoms with van der Waals surface area (Å²) in [5.74, 6) is -2.36. The zero-order chi connectivity index (χ0) is 18.4. The Morgan fingerprint density at radius 3 is 2.36 bits per heavy atom. The maximum absolute atomic E-state index is 12.9. The van der Waals surface area contributed by atoms with Crippen molar-refractivity contribution < 1.29 is 19.4 Å². The molecule has 1 fully saturated rings. The van der Waals surface area contributed by atoms with Gasteiger partial charge in [-0.1, -0.05) is 39.0 Å². The molecule has 0 heterocycles. The first-order valence-electron chi connectivity index (χ1n) is 8.61. The molecule has 2 aliphatic rings. The second kappa shape index (κ2) is 6.21. The van der Waals surface area contributed by atoms with Crippen LogP contribution < -0.4 is 15.2 Å². The van der Waals surface area contributed by atoms with E-state index < -0.39 is 17.8 Å². The fraction of sp³-hybridized carbons (Fsp3) is 0.500. The number of rotatable bonds is 4. The Morgan fingerprint density at radius 2 is 1.80 bits per heavy atom. The first-order chi connectivity index (χ1) is 11.7. The number of anilines is 1. The molecule has 1 aromatic carbocycles. The average molecular weight is 342 g/mol. The second-order valence-corrected chi connectivity index (χ2v) is 7.97. The Balaban J connectivity index is 1.88. The van der Waals surface area contributed by atoms with Crippen LogP contribution in [0.4, 0.5) is 5.69 Å². The van der Waals surface area contributed by atoms with E-state index in [-0.39, 0.29) is 23.2 Å². The number of carbonyl (C=O) groups excluding carboxylic acids is 2. The van der Waals surface area contributed by atoms with Gasteiger partial charge in [-0.2, -0.15) is 0 Å². The molecule has 0 spiro atoms. The number of nitrogens with one attached hydrogen (secondary N) is 1. The molecule has 25 heavy (non-hydrogen) atoms. The summed E-state index contributed by atoms with van der Waals surface area (Å²) >= 11 is 0. The summed E-state index contributed by atoms with van der Waals surface area (Å²) in [6.45, 7) is 6.27. The van der Waals surface area contributed by atoms with E-state index in [9.17, 15) is 14.7 Å². The summed E-state index contributed by atoms with van der Waals surface area (Å²) in [5, 5.41) is 14.4. The van der Waals surface area contributed by atoms with E-state index in [1.165, 1.54) is 0 Å². The van der Waals surface area contributed by atoms with Crippen LogP contribution in [0.25, 0.3) is 0 Å². The number of methoxy groups -OCH3 is 1. The molecule has 5 nitrogen and oxygen atoms in total. The Morgan fingerprint density at radius 1 is 1.16 bits per heavy atom. The lowest BCUT2D eigenvalue weighted by Crippen LogP contribution is -2.42. The number of aliphatic carboxylic acids is 1. The average Bonchev–Trinajstić information content (AvgIpc) is 3.14. The van der Waals surface area contributed by atoms with Gasteiger partial charge < -0.3 is 20.0 Å². The van der Waals surface area contributed by atoms with Gasteiger partial charge in [0.1, 0.15) is 5.75 Å². The quantitative estimate of drug-likeness (QED) is 0.850. The smallest absolute Gasteiger partial charge is 0.228 e. The van der Waals surface area contributed by atoms with Crippen LogP contribution in [0.3, 0.4) is 0 Å². The van der Waals surface area contributed by atoms with Gasteiger partial charge in [0.05, 0.1) is 18.7 Å². The highest BCUT2D eigenvalue weighted by molar-refractivity contribution is 5.97. The Kier molecular flexibility index (Phi) is 4.35. The lowest BCUT2D eigenvalue weighted by Gasteiger charge is -2.28. The van der Waals surface area contributed by atoms with Crippen LogP contribution in [-0.2, 0) is 15.0 Å². The third kappa shape index (κ3) is 3.15. The molecule has 0 saturated heterocycles. The van der Waals surface area contributed by atoms with E-state index in [4.69, 9.17) is 4.74 Å². The molecule has 0 radical (unpaired) electrons. The van der Waals surface area contributed by atoms with Crippen molar-refractivity contribution in [1.82, 2.24) is 0 Å². The van der Waals surface area contributed by atoms with E-state index in [1.807, 2.05) is 30.4 Å². The summed E-state index contributed by atoms with van der Waals surface area (Å²) in [5.41, 5.74) is 1.56. The van der Waals surface area contributed by atoms with Crippen LogP contribution >= 0.6 is 0 Å². The van der Waals surface area contributed by atoms with Gasteiger partial charge in [0, 0.05) is 11.9 Å². The minimum atomic E-state index is -1.15.